The molecule has 0 bridgehead atoms. The van der Waals surface area contributed by atoms with Crippen LogP contribution in [0.25, 0.3) is 0 Å². The minimum absolute atomic E-state index is 0.152. The van der Waals surface area contributed by atoms with Crippen LogP contribution in [0.3, 0.4) is 0 Å². The van der Waals surface area contributed by atoms with Gasteiger partial charge in [0.05, 0.1) is 36.4 Å². The van der Waals surface area contributed by atoms with Crippen molar-refractivity contribution in [2.45, 2.75) is 25.2 Å². The van der Waals surface area contributed by atoms with E-state index in [1.54, 1.807) is 6.20 Å². The SMILES string of the molecule is CS(=O)(=O)CCN1CC[C@H]2OCc3cnnn3[C@@H]2C1. The first-order chi connectivity index (χ1) is 9.03. The number of hydrogen-bond acceptors (Lipinski definition) is 6. The highest BCUT2D eigenvalue weighted by atomic mass is 32.2. The monoisotopic (exact) mass is 286 g/mol. The van der Waals surface area contributed by atoms with E-state index in [4.69, 9.17) is 4.74 Å². The maximum atomic E-state index is 11.2. The molecule has 1 saturated heterocycles. The van der Waals surface area contributed by atoms with Crippen molar-refractivity contribution >= 4 is 9.84 Å². The Balaban J connectivity index is 1.69. The molecule has 2 atom stereocenters. The first kappa shape index (κ1) is 13.0. The molecule has 2 aliphatic heterocycles. The molecule has 0 spiro atoms. The third-order valence-electron chi connectivity index (χ3n) is 3.79. The number of piperidine rings is 1. The van der Waals surface area contributed by atoms with Crippen molar-refractivity contribution in [1.82, 2.24) is 19.9 Å². The van der Waals surface area contributed by atoms with Crippen molar-refractivity contribution in [3.63, 3.8) is 0 Å². The van der Waals surface area contributed by atoms with E-state index in [0.717, 1.165) is 25.2 Å². The van der Waals surface area contributed by atoms with Gasteiger partial charge < -0.3 is 4.74 Å². The topological polar surface area (TPSA) is 77.3 Å². The van der Waals surface area contributed by atoms with E-state index in [1.165, 1.54) is 6.26 Å². The summed E-state index contributed by atoms with van der Waals surface area (Å²) >= 11 is 0. The molecule has 3 heterocycles. The summed E-state index contributed by atoms with van der Waals surface area (Å²) in [6.07, 6.45) is 4.09. The van der Waals surface area contributed by atoms with Crippen LogP contribution in [0.1, 0.15) is 18.2 Å². The average Bonchev–Trinajstić information content (AvgIpc) is 2.84. The molecule has 1 aromatic heterocycles. The molecule has 0 aromatic carbocycles. The molecular weight excluding hydrogens is 268 g/mol. The van der Waals surface area contributed by atoms with E-state index in [9.17, 15) is 8.42 Å². The van der Waals surface area contributed by atoms with E-state index in [1.807, 2.05) is 4.68 Å². The molecule has 19 heavy (non-hydrogen) atoms. The van der Waals surface area contributed by atoms with Gasteiger partial charge in [0, 0.05) is 25.9 Å². The average molecular weight is 286 g/mol. The molecule has 0 aliphatic carbocycles. The van der Waals surface area contributed by atoms with Crippen LogP contribution in [0, 0.1) is 0 Å². The van der Waals surface area contributed by atoms with Gasteiger partial charge in [-0.2, -0.15) is 0 Å². The number of ether oxygens (including phenoxy) is 1. The van der Waals surface area contributed by atoms with Crippen LogP contribution in [-0.2, 0) is 21.2 Å². The summed E-state index contributed by atoms with van der Waals surface area (Å²) in [5, 5.41) is 8.05. The van der Waals surface area contributed by atoms with Crippen LogP contribution in [0.15, 0.2) is 6.20 Å². The predicted molar refractivity (Wildman–Crippen MR) is 68.4 cm³/mol. The quantitative estimate of drug-likeness (QED) is 0.743. The lowest BCUT2D eigenvalue weighted by Crippen LogP contribution is -2.48. The Bertz CT molecular complexity index is 556. The lowest BCUT2D eigenvalue weighted by atomic mass is 10.0. The molecule has 1 fully saturated rings. The second kappa shape index (κ2) is 4.84. The molecule has 0 saturated carbocycles. The van der Waals surface area contributed by atoms with E-state index in [2.05, 4.69) is 15.2 Å². The Labute approximate surface area is 112 Å². The van der Waals surface area contributed by atoms with Gasteiger partial charge in [0.15, 0.2) is 0 Å². The highest BCUT2D eigenvalue weighted by molar-refractivity contribution is 7.90. The Morgan fingerprint density at radius 2 is 2.37 bits per heavy atom. The first-order valence-corrected chi connectivity index (χ1v) is 8.50. The van der Waals surface area contributed by atoms with E-state index < -0.39 is 9.84 Å². The molecule has 106 valence electrons. The first-order valence-electron chi connectivity index (χ1n) is 6.44. The molecule has 7 nitrogen and oxygen atoms in total. The number of hydrogen-bond donors (Lipinski definition) is 0. The zero-order valence-corrected chi connectivity index (χ0v) is 11.7. The van der Waals surface area contributed by atoms with Crippen LogP contribution in [-0.4, -0.2) is 66.1 Å². The van der Waals surface area contributed by atoms with Gasteiger partial charge in [-0.3, -0.25) is 4.90 Å². The van der Waals surface area contributed by atoms with Crippen LogP contribution < -0.4 is 0 Å². The van der Waals surface area contributed by atoms with E-state index >= 15 is 0 Å². The fraction of sp³-hybridized carbons (Fsp3) is 0.818. The minimum Gasteiger partial charge on any atom is -0.370 e. The molecule has 3 rings (SSSR count). The second-order valence-corrected chi connectivity index (χ2v) is 7.57. The molecule has 0 unspecified atom stereocenters. The lowest BCUT2D eigenvalue weighted by Gasteiger charge is -2.40. The number of rotatable bonds is 3. The number of likely N-dealkylation sites (tertiary alicyclic amines) is 1. The van der Waals surface area contributed by atoms with Gasteiger partial charge in [-0.05, 0) is 6.42 Å². The van der Waals surface area contributed by atoms with Crippen LogP contribution in [0.4, 0.5) is 0 Å². The normalized spacial score (nSPS) is 27.8. The lowest BCUT2D eigenvalue weighted by molar-refractivity contribution is -0.0646. The highest BCUT2D eigenvalue weighted by Crippen LogP contribution is 2.29. The van der Waals surface area contributed by atoms with Gasteiger partial charge in [0.1, 0.15) is 9.84 Å². The minimum atomic E-state index is -2.91. The molecule has 0 radical (unpaired) electrons. The van der Waals surface area contributed by atoms with Crippen LogP contribution in [0.2, 0.25) is 0 Å². The summed E-state index contributed by atoms with van der Waals surface area (Å²) < 4.78 is 30.2. The van der Waals surface area contributed by atoms with Crippen molar-refractivity contribution in [3.05, 3.63) is 11.9 Å². The van der Waals surface area contributed by atoms with Gasteiger partial charge in [-0.25, -0.2) is 13.1 Å². The number of nitrogens with zero attached hydrogens (tertiary/aromatic N) is 4. The van der Waals surface area contributed by atoms with Gasteiger partial charge in [0.25, 0.3) is 0 Å². The third kappa shape index (κ3) is 2.80. The molecule has 1 aromatic rings. The third-order valence-corrected chi connectivity index (χ3v) is 4.72. The van der Waals surface area contributed by atoms with Gasteiger partial charge >= 0.3 is 0 Å². The van der Waals surface area contributed by atoms with Gasteiger partial charge in [0.2, 0.25) is 0 Å². The van der Waals surface area contributed by atoms with E-state index in [-0.39, 0.29) is 17.9 Å². The summed E-state index contributed by atoms with van der Waals surface area (Å²) in [6.45, 7) is 2.79. The van der Waals surface area contributed by atoms with Gasteiger partial charge in [-0.15, -0.1) is 5.10 Å². The maximum Gasteiger partial charge on any atom is 0.148 e. The standard InChI is InChI=1S/C11H18N4O3S/c1-19(16,17)5-4-14-3-2-11-10(7-14)15-9(8-18-11)6-12-13-15/h6,10-11H,2-5,7-8H2,1H3/t10-,11-/m1/s1. The summed E-state index contributed by atoms with van der Waals surface area (Å²) in [7, 11) is -2.91. The van der Waals surface area contributed by atoms with Crippen LogP contribution >= 0.6 is 0 Å². The van der Waals surface area contributed by atoms with Crippen molar-refractivity contribution in [2.24, 2.45) is 0 Å². The van der Waals surface area contributed by atoms with Gasteiger partial charge in [-0.1, -0.05) is 5.21 Å². The summed E-state index contributed by atoms with van der Waals surface area (Å²) in [5.41, 5.74) is 0.992. The van der Waals surface area contributed by atoms with Crippen molar-refractivity contribution in [2.75, 3.05) is 31.6 Å². The Morgan fingerprint density at radius 3 is 3.16 bits per heavy atom. The fourth-order valence-corrected chi connectivity index (χ4v) is 3.33. The molecule has 0 amide bonds. The maximum absolute atomic E-state index is 11.2. The smallest absolute Gasteiger partial charge is 0.148 e. The molecule has 2 aliphatic rings. The Morgan fingerprint density at radius 1 is 1.53 bits per heavy atom. The molecule has 8 heteroatoms. The summed E-state index contributed by atoms with van der Waals surface area (Å²) in [4.78, 5) is 2.17. The number of sulfone groups is 1. The molecular formula is C11H18N4O3S. The van der Waals surface area contributed by atoms with Crippen molar-refractivity contribution < 1.29 is 13.2 Å². The summed E-state index contributed by atoms with van der Waals surface area (Å²) in [5.74, 6) is 0.204. The zero-order chi connectivity index (χ0) is 13.5. The zero-order valence-electron chi connectivity index (χ0n) is 10.9. The highest BCUT2D eigenvalue weighted by Gasteiger charge is 2.36. The fourth-order valence-electron chi connectivity index (χ4n) is 2.74. The van der Waals surface area contributed by atoms with Crippen LogP contribution in [0.5, 0.6) is 0 Å². The van der Waals surface area contributed by atoms with Crippen molar-refractivity contribution in [3.8, 4) is 0 Å². The molecule has 0 N–H and O–H groups in total. The van der Waals surface area contributed by atoms with E-state index in [0.29, 0.717) is 13.2 Å². The largest absolute Gasteiger partial charge is 0.370 e. The Hall–Kier alpha value is -0.990. The predicted octanol–water partition coefficient (Wildman–Crippen LogP) is -0.532. The number of aromatic nitrogens is 3. The number of fused-ring (bicyclic) bond motifs is 3. The summed E-state index contributed by atoms with van der Waals surface area (Å²) in [6, 6.07) is 0.152. The van der Waals surface area contributed by atoms with Crippen molar-refractivity contribution in [1.29, 1.82) is 0 Å². The second-order valence-electron chi connectivity index (χ2n) is 5.31. The Kier molecular flexibility index (Phi) is 3.32.